The molecule has 0 saturated heterocycles. The number of nitrogens with one attached hydrogen (secondary N) is 1. The van der Waals surface area contributed by atoms with E-state index in [9.17, 15) is 4.79 Å². The normalized spacial score (nSPS) is 12.2. The van der Waals surface area contributed by atoms with Crippen LogP contribution < -0.4 is 5.32 Å². The van der Waals surface area contributed by atoms with E-state index >= 15 is 0 Å². The van der Waals surface area contributed by atoms with E-state index in [0.29, 0.717) is 10.1 Å². The second-order valence-corrected chi connectivity index (χ2v) is 4.37. The monoisotopic (exact) mass is 244 g/mol. The van der Waals surface area contributed by atoms with Gasteiger partial charge in [0.25, 0.3) is 5.91 Å². The minimum absolute atomic E-state index is 0.0683. The van der Waals surface area contributed by atoms with Crippen LogP contribution in [0, 0.1) is 0 Å². The Morgan fingerprint density at radius 1 is 1.62 bits per heavy atom. The molecule has 0 bridgehead atoms. The lowest BCUT2D eigenvalue weighted by Gasteiger charge is -2.21. The van der Waals surface area contributed by atoms with Crippen LogP contribution in [0.15, 0.2) is 0 Å². The molecule has 2 N–H and O–H groups in total. The summed E-state index contributed by atoms with van der Waals surface area (Å²) < 4.78 is 0. The second-order valence-electron chi connectivity index (χ2n) is 3.39. The lowest BCUT2D eigenvalue weighted by molar-refractivity contribution is 0.0681. The Morgan fingerprint density at radius 2 is 2.31 bits per heavy atom. The Bertz CT molecular complexity index is 355. The van der Waals surface area contributed by atoms with E-state index in [4.69, 9.17) is 5.11 Å². The zero-order valence-electron chi connectivity index (χ0n) is 9.60. The molecule has 1 atom stereocenters. The average molecular weight is 244 g/mol. The maximum absolute atomic E-state index is 11.9. The lowest BCUT2D eigenvalue weighted by atomic mass is 10.3. The van der Waals surface area contributed by atoms with Gasteiger partial charge in [0.05, 0.1) is 12.6 Å². The summed E-state index contributed by atoms with van der Waals surface area (Å²) in [7, 11) is 1.64. The molecule has 1 rings (SSSR count). The van der Waals surface area contributed by atoms with Gasteiger partial charge in [0.15, 0.2) is 0 Å². The minimum atomic E-state index is -0.223. The van der Waals surface area contributed by atoms with Gasteiger partial charge in [-0.3, -0.25) is 4.79 Å². The predicted molar refractivity (Wildman–Crippen MR) is 62.7 cm³/mol. The Morgan fingerprint density at radius 3 is 2.88 bits per heavy atom. The van der Waals surface area contributed by atoms with Crippen LogP contribution in [0.3, 0.4) is 0 Å². The number of nitrogens with zero attached hydrogens (tertiary/aromatic N) is 3. The number of aromatic nitrogens is 2. The maximum Gasteiger partial charge on any atom is 0.284 e. The SMILES string of the molecule is CCNc1nnc(C(=O)N(C)C(C)CO)s1. The minimum Gasteiger partial charge on any atom is -0.394 e. The molecule has 16 heavy (non-hydrogen) atoms. The van der Waals surface area contributed by atoms with Crippen molar-refractivity contribution >= 4 is 22.4 Å². The summed E-state index contributed by atoms with van der Waals surface area (Å²) in [5.74, 6) is -0.219. The fourth-order valence-electron chi connectivity index (χ4n) is 1.01. The molecule has 1 aromatic heterocycles. The van der Waals surface area contributed by atoms with E-state index in [1.54, 1.807) is 14.0 Å². The number of aliphatic hydroxyl groups excluding tert-OH is 1. The number of hydrogen-bond acceptors (Lipinski definition) is 6. The van der Waals surface area contributed by atoms with Gasteiger partial charge < -0.3 is 15.3 Å². The van der Waals surface area contributed by atoms with E-state index in [1.807, 2.05) is 6.92 Å². The van der Waals surface area contributed by atoms with Crippen molar-refractivity contribution in [1.29, 1.82) is 0 Å². The highest BCUT2D eigenvalue weighted by Gasteiger charge is 2.20. The van der Waals surface area contributed by atoms with Crippen LogP contribution >= 0.6 is 11.3 Å². The summed E-state index contributed by atoms with van der Waals surface area (Å²) in [6.07, 6.45) is 0. The first-order valence-corrected chi connectivity index (χ1v) is 5.87. The molecule has 90 valence electrons. The van der Waals surface area contributed by atoms with Crippen LogP contribution in [0.2, 0.25) is 0 Å². The maximum atomic E-state index is 11.9. The van der Waals surface area contributed by atoms with Crippen molar-refractivity contribution < 1.29 is 9.90 Å². The van der Waals surface area contributed by atoms with Crippen molar-refractivity contribution in [1.82, 2.24) is 15.1 Å². The summed E-state index contributed by atoms with van der Waals surface area (Å²) in [5.41, 5.74) is 0. The molecule has 0 fully saturated rings. The van der Waals surface area contributed by atoms with Gasteiger partial charge in [-0.05, 0) is 13.8 Å². The molecule has 1 aromatic rings. The Labute approximate surface area is 98.3 Å². The van der Waals surface area contributed by atoms with E-state index < -0.39 is 0 Å². The van der Waals surface area contributed by atoms with Gasteiger partial charge in [0, 0.05) is 13.6 Å². The molecule has 1 unspecified atom stereocenters. The van der Waals surface area contributed by atoms with Crippen LogP contribution in [0.4, 0.5) is 5.13 Å². The van der Waals surface area contributed by atoms with Crippen molar-refractivity contribution in [2.75, 3.05) is 25.5 Å². The zero-order chi connectivity index (χ0) is 12.1. The second kappa shape index (κ2) is 5.76. The lowest BCUT2D eigenvalue weighted by Crippen LogP contribution is -2.37. The van der Waals surface area contributed by atoms with Crippen molar-refractivity contribution in [3.63, 3.8) is 0 Å². The van der Waals surface area contributed by atoms with Gasteiger partial charge >= 0.3 is 0 Å². The molecule has 1 amide bonds. The van der Waals surface area contributed by atoms with Gasteiger partial charge in [0.2, 0.25) is 10.1 Å². The molecule has 0 aliphatic heterocycles. The molecule has 6 nitrogen and oxygen atoms in total. The Balaban J connectivity index is 2.72. The standard InChI is InChI=1S/C9H16N4O2S/c1-4-10-9-12-11-7(16-9)8(15)13(3)6(2)5-14/h6,14H,4-5H2,1-3H3,(H,10,12). The van der Waals surface area contributed by atoms with E-state index in [0.717, 1.165) is 6.54 Å². The highest BCUT2D eigenvalue weighted by molar-refractivity contribution is 7.17. The Hall–Kier alpha value is -1.21. The van der Waals surface area contributed by atoms with Gasteiger partial charge in [-0.1, -0.05) is 11.3 Å². The van der Waals surface area contributed by atoms with Gasteiger partial charge in [-0.25, -0.2) is 0 Å². The molecule has 0 aliphatic rings. The molecule has 0 aliphatic carbocycles. The smallest absolute Gasteiger partial charge is 0.284 e. The molecule has 0 saturated carbocycles. The third-order valence-electron chi connectivity index (χ3n) is 2.18. The number of anilines is 1. The summed E-state index contributed by atoms with van der Waals surface area (Å²) in [6.45, 7) is 4.39. The van der Waals surface area contributed by atoms with Crippen molar-refractivity contribution in [3.05, 3.63) is 5.01 Å². The number of rotatable bonds is 5. The largest absolute Gasteiger partial charge is 0.394 e. The third-order valence-corrected chi connectivity index (χ3v) is 3.05. The van der Waals surface area contributed by atoms with Crippen LogP contribution in [-0.2, 0) is 0 Å². The quantitative estimate of drug-likeness (QED) is 0.785. The summed E-state index contributed by atoms with van der Waals surface area (Å²) >= 11 is 1.22. The zero-order valence-corrected chi connectivity index (χ0v) is 10.4. The average Bonchev–Trinajstić information content (AvgIpc) is 2.75. The molecule has 7 heteroatoms. The van der Waals surface area contributed by atoms with Crippen LogP contribution in [0.5, 0.6) is 0 Å². The summed E-state index contributed by atoms with van der Waals surface area (Å²) in [6, 6.07) is -0.223. The Kier molecular flexibility index (Phi) is 4.63. The van der Waals surface area contributed by atoms with Gasteiger partial charge in [0.1, 0.15) is 0 Å². The molecule has 1 heterocycles. The topological polar surface area (TPSA) is 78.4 Å². The highest BCUT2D eigenvalue weighted by atomic mass is 32.1. The third kappa shape index (κ3) is 2.89. The van der Waals surface area contributed by atoms with Crippen molar-refractivity contribution in [2.45, 2.75) is 19.9 Å². The first kappa shape index (κ1) is 12.9. The molecule has 0 aromatic carbocycles. The molecule has 0 radical (unpaired) electrons. The number of carbonyl (C=O) groups is 1. The number of hydrogen-bond donors (Lipinski definition) is 2. The van der Waals surface area contributed by atoms with E-state index in [2.05, 4.69) is 15.5 Å². The predicted octanol–water partition coefficient (Wildman–Crippen LogP) is 0.423. The fraction of sp³-hybridized carbons (Fsp3) is 0.667. The fourth-order valence-corrected chi connectivity index (χ4v) is 1.80. The van der Waals surface area contributed by atoms with E-state index in [1.165, 1.54) is 16.2 Å². The van der Waals surface area contributed by atoms with Crippen LogP contribution in [-0.4, -0.2) is 52.4 Å². The van der Waals surface area contributed by atoms with Gasteiger partial charge in [-0.2, -0.15) is 0 Å². The number of likely N-dealkylation sites (N-methyl/N-ethyl adjacent to an activating group) is 1. The molecule has 0 spiro atoms. The summed E-state index contributed by atoms with van der Waals surface area (Å²) in [5, 5.41) is 20.6. The van der Waals surface area contributed by atoms with Crippen LogP contribution in [0.1, 0.15) is 23.6 Å². The number of carbonyl (C=O) groups excluding carboxylic acids is 1. The molecular formula is C9H16N4O2S. The van der Waals surface area contributed by atoms with Gasteiger partial charge in [-0.15, -0.1) is 10.2 Å². The van der Waals surface area contributed by atoms with Crippen molar-refractivity contribution in [2.24, 2.45) is 0 Å². The first-order valence-electron chi connectivity index (χ1n) is 5.05. The summed E-state index contributed by atoms with van der Waals surface area (Å²) in [4.78, 5) is 13.3. The number of aliphatic hydroxyl groups is 1. The molecular weight excluding hydrogens is 228 g/mol. The van der Waals surface area contributed by atoms with Crippen LogP contribution in [0.25, 0.3) is 0 Å². The highest BCUT2D eigenvalue weighted by Crippen LogP contribution is 2.16. The first-order chi connectivity index (χ1) is 7.60. The van der Waals surface area contributed by atoms with Crippen molar-refractivity contribution in [3.8, 4) is 0 Å². The van der Waals surface area contributed by atoms with E-state index in [-0.39, 0.29) is 18.6 Å². The number of amides is 1.